The van der Waals surface area contributed by atoms with Gasteiger partial charge in [0.2, 0.25) is 0 Å². The van der Waals surface area contributed by atoms with E-state index in [1.165, 1.54) is 0 Å². The Morgan fingerprint density at radius 2 is 1.64 bits per heavy atom. The third kappa shape index (κ3) is 4.79. The fourth-order valence-electron chi connectivity index (χ4n) is 2.40. The highest BCUT2D eigenvalue weighted by Crippen LogP contribution is 2.16. The first-order valence-corrected chi connectivity index (χ1v) is 7.73. The Bertz CT molecular complexity index is 569. The molecule has 0 saturated heterocycles. The molecule has 0 aliphatic rings. The van der Waals surface area contributed by atoms with E-state index in [1.807, 2.05) is 67.6 Å². The Kier molecular flexibility index (Phi) is 6.31. The van der Waals surface area contributed by atoms with Gasteiger partial charge in [-0.25, -0.2) is 0 Å². The van der Waals surface area contributed by atoms with Crippen molar-refractivity contribution in [3.8, 4) is 0 Å². The summed E-state index contributed by atoms with van der Waals surface area (Å²) in [4.78, 5) is 12.0. The van der Waals surface area contributed by atoms with Gasteiger partial charge in [0.25, 0.3) is 0 Å². The van der Waals surface area contributed by atoms with E-state index in [4.69, 9.17) is 0 Å². The van der Waals surface area contributed by atoms with Crippen molar-refractivity contribution in [2.24, 2.45) is 0 Å². The van der Waals surface area contributed by atoms with Crippen molar-refractivity contribution in [2.75, 3.05) is 6.54 Å². The van der Waals surface area contributed by atoms with Crippen LogP contribution in [-0.4, -0.2) is 23.5 Å². The average Bonchev–Trinajstić information content (AvgIpc) is 2.59. The van der Waals surface area contributed by atoms with Crippen molar-refractivity contribution in [3.05, 3.63) is 71.8 Å². The zero-order valence-electron chi connectivity index (χ0n) is 12.9. The number of aliphatic hydroxyl groups excluding tert-OH is 1. The van der Waals surface area contributed by atoms with Crippen molar-refractivity contribution in [2.45, 2.75) is 31.9 Å². The summed E-state index contributed by atoms with van der Waals surface area (Å²) in [5.41, 5.74) is 1.67. The second kappa shape index (κ2) is 8.47. The molecule has 116 valence electrons. The normalized spacial score (nSPS) is 13.5. The molecule has 0 aliphatic carbocycles. The maximum absolute atomic E-state index is 12.0. The van der Waals surface area contributed by atoms with Crippen molar-refractivity contribution in [3.63, 3.8) is 0 Å². The molecular formula is C19H23NO2. The number of nitrogens with one attached hydrogen (secondary N) is 1. The van der Waals surface area contributed by atoms with E-state index < -0.39 is 6.10 Å². The molecule has 0 heterocycles. The minimum absolute atomic E-state index is 0.0470. The Morgan fingerprint density at radius 3 is 2.27 bits per heavy atom. The van der Waals surface area contributed by atoms with E-state index in [2.05, 4.69) is 5.32 Å². The lowest BCUT2D eigenvalue weighted by atomic mass is 10.0. The highest BCUT2D eigenvalue weighted by atomic mass is 16.3. The van der Waals surface area contributed by atoms with Gasteiger partial charge in [-0.1, -0.05) is 60.7 Å². The lowest BCUT2D eigenvalue weighted by molar-refractivity contribution is 0.0977. The van der Waals surface area contributed by atoms with Crippen LogP contribution in [0.2, 0.25) is 0 Å². The van der Waals surface area contributed by atoms with Crippen molar-refractivity contribution >= 4 is 5.78 Å². The van der Waals surface area contributed by atoms with E-state index in [0.29, 0.717) is 13.0 Å². The fraction of sp³-hybridized carbons (Fsp3) is 0.316. The topological polar surface area (TPSA) is 49.3 Å². The summed E-state index contributed by atoms with van der Waals surface area (Å²) in [5, 5.41) is 13.5. The quantitative estimate of drug-likeness (QED) is 0.580. The number of Topliss-reactive ketones (excluding diaryl/α,β-unsaturated/α-hetero) is 1. The molecule has 2 N–H and O–H groups in total. The first kappa shape index (κ1) is 16.4. The summed E-state index contributed by atoms with van der Waals surface area (Å²) >= 11 is 0. The van der Waals surface area contributed by atoms with Crippen LogP contribution < -0.4 is 5.32 Å². The molecule has 2 aromatic carbocycles. The summed E-state index contributed by atoms with van der Waals surface area (Å²) in [6.07, 6.45) is 0.746. The van der Waals surface area contributed by atoms with Crippen LogP contribution in [0, 0.1) is 0 Å². The van der Waals surface area contributed by atoms with Crippen molar-refractivity contribution < 1.29 is 9.90 Å². The van der Waals surface area contributed by atoms with Gasteiger partial charge in [-0.3, -0.25) is 4.79 Å². The molecule has 0 spiro atoms. The zero-order chi connectivity index (χ0) is 15.8. The molecule has 2 unspecified atom stereocenters. The molecule has 0 aliphatic heterocycles. The second-order valence-corrected chi connectivity index (χ2v) is 5.49. The minimum atomic E-state index is -0.536. The predicted molar refractivity (Wildman–Crippen MR) is 88.9 cm³/mol. The van der Waals surface area contributed by atoms with Crippen LogP contribution in [0.1, 0.15) is 41.8 Å². The molecule has 3 heteroatoms. The highest BCUT2D eigenvalue weighted by Gasteiger charge is 2.15. The SMILES string of the molecule is CC(NCCCC(=O)c1ccccc1)C(O)c1ccccc1. The summed E-state index contributed by atoms with van der Waals surface area (Å²) in [6.45, 7) is 2.67. The molecule has 2 atom stereocenters. The minimum Gasteiger partial charge on any atom is -0.387 e. The Hall–Kier alpha value is -1.97. The standard InChI is InChI=1S/C19H23NO2/c1-15(19(22)17-11-6-3-7-12-17)20-14-8-13-18(21)16-9-4-2-5-10-16/h2-7,9-12,15,19-20,22H,8,13-14H2,1H3. The molecule has 0 amide bonds. The van der Waals surface area contributed by atoms with E-state index in [0.717, 1.165) is 17.5 Å². The molecule has 0 saturated carbocycles. The summed E-state index contributed by atoms with van der Waals surface area (Å²) in [6, 6.07) is 18.9. The molecule has 0 radical (unpaired) electrons. The van der Waals surface area contributed by atoms with Crippen LogP contribution in [0.15, 0.2) is 60.7 Å². The van der Waals surface area contributed by atoms with Crippen LogP contribution in [0.5, 0.6) is 0 Å². The van der Waals surface area contributed by atoms with Gasteiger partial charge in [0.05, 0.1) is 6.10 Å². The van der Waals surface area contributed by atoms with Gasteiger partial charge >= 0.3 is 0 Å². The fourth-order valence-corrected chi connectivity index (χ4v) is 2.40. The summed E-state index contributed by atoms with van der Waals surface area (Å²) in [7, 11) is 0. The molecule has 2 aromatic rings. The lowest BCUT2D eigenvalue weighted by Gasteiger charge is -2.20. The maximum atomic E-state index is 12.0. The average molecular weight is 297 g/mol. The van der Waals surface area contributed by atoms with Crippen LogP contribution in [0.25, 0.3) is 0 Å². The van der Waals surface area contributed by atoms with Crippen LogP contribution in [-0.2, 0) is 0 Å². The molecule has 0 aromatic heterocycles. The van der Waals surface area contributed by atoms with Gasteiger partial charge in [0.15, 0.2) is 5.78 Å². The number of carbonyl (C=O) groups excluding carboxylic acids is 1. The molecule has 0 bridgehead atoms. The van der Waals surface area contributed by atoms with E-state index in [9.17, 15) is 9.90 Å². The summed E-state index contributed by atoms with van der Waals surface area (Å²) in [5.74, 6) is 0.165. The monoisotopic (exact) mass is 297 g/mol. The third-order valence-corrected chi connectivity index (χ3v) is 3.76. The number of hydrogen-bond acceptors (Lipinski definition) is 3. The third-order valence-electron chi connectivity index (χ3n) is 3.76. The van der Waals surface area contributed by atoms with E-state index in [-0.39, 0.29) is 11.8 Å². The van der Waals surface area contributed by atoms with Crippen LogP contribution in [0.3, 0.4) is 0 Å². The van der Waals surface area contributed by atoms with Gasteiger partial charge in [-0.15, -0.1) is 0 Å². The van der Waals surface area contributed by atoms with E-state index >= 15 is 0 Å². The molecule has 2 rings (SSSR count). The number of aliphatic hydroxyl groups is 1. The molecule has 22 heavy (non-hydrogen) atoms. The highest BCUT2D eigenvalue weighted by molar-refractivity contribution is 5.95. The number of ketones is 1. The lowest BCUT2D eigenvalue weighted by Crippen LogP contribution is -2.33. The predicted octanol–water partition coefficient (Wildman–Crippen LogP) is 3.36. The maximum Gasteiger partial charge on any atom is 0.162 e. The van der Waals surface area contributed by atoms with Crippen molar-refractivity contribution in [1.82, 2.24) is 5.32 Å². The van der Waals surface area contributed by atoms with Gasteiger partial charge in [-0.2, -0.15) is 0 Å². The Labute approximate surface area is 132 Å². The van der Waals surface area contributed by atoms with Gasteiger partial charge in [-0.05, 0) is 25.5 Å². The summed E-state index contributed by atoms with van der Waals surface area (Å²) < 4.78 is 0. The zero-order valence-corrected chi connectivity index (χ0v) is 12.9. The Morgan fingerprint density at radius 1 is 1.05 bits per heavy atom. The second-order valence-electron chi connectivity index (χ2n) is 5.49. The number of rotatable bonds is 8. The Balaban J connectivity index is 1.71. The van der Waals surface area contributed by atoms with Crippen LogP contribution in [0.4, 0.5) is 0 Å². The van der Waals surface area contributed by atoms with Crippen LogP contribution >= 0.6 is 0 Å². The van der Waals surface area contributed by atoms with Crippen molar-refractivity contribution in [1.29, 1.82) is 0 Å². The smallest absolute Gasteiger partial charge is 0.162 e. The largest absolute Gasteiger partial charge is 0.387 e. The van der Waals surface area contributed by atoms with Gasteiger partial charge in [0, 0.05) is 18.0 Å². The molecular weight excluding hydrogens is 274 g/mol. The number of benzene rings is 2. The first-order chi connectivity index (χ1) is 10.7. The molecule has 3 nitrogen and oxygen atoms in total. The first-order valence-electron chi connectivity index (χ1n) is 7.73. The van der Waals surface area contributed by atoms with Gasteiger partial charge in [0.1, 0.15) is 0 Å². The van der Waals surface area contributed by atoms with E-state index in [1.54, 1.807) is 0 Å². The molecule has 0 fully saturated rings. The van der Waals surface area contributed by atoms with Gasteiger partial charge < -0.3 is 10.4 Å². The number of carbonyl (C=O) groups is 1. The number of hydrogen-bond donors (Lipinski definition) is 2.